The molecule has 31 heavy (non-hydrogen) atoms. The van der Waals surface area contributed by atoms with Gasteiger partial charge in [0.05, 0.1) is 19.2 Å². The highest BCUT2D eigenvalue weighted by molar-refractivity contribution is 7.80. The molecule has 2 N–H and O–H groups in total. The molecule has 0 fully saturated rings. The van der Waals surface area contributed by atoms with Crippen LogP contribution in [-0.4, -0.2) is 28.0 Å². The maximum Gasteiger partial charge on any atom is 0.341 e. The molecule has 0 amide bonds. The summed E-state index contributed by atoms with van der Waals surface area (Å²) < 4.78 is 6.79. The number of thiocarbonyl (C=S) groups is 1. The monoisotopic (exact) mass is 474 g/mol. The molecule has 1 aromatic carbocycles. The molecule has 1 atom stereocenters. The number of hydrogen-bond acceptors (Lipinski definition) is 5. The van der Waals surface area contributed by atoms with Gasteiger partial charge in [0.2, 0.25) is 0 Å². The maximum atomic E-state index is 12.5. The van der Waals surface area contributed by atoms with Crippen molar-refractivity contribution in [1.82, 2.24) is 9.78 Å². The fraction of sp³-hybridized carbons (Fsp3) is 0.318. The number of carbonyl (C=O) groups is 1. The Morgan fingerprint density at radius 3 is 2.87 bits per heavy atom. The summed E-state index contributed by atoms with van der Waals surface area (Å²) in [7, 11) is 1.40. The highest BCUT2D eigenvalue weighted by atomic mass is 35.5. The lowest BCUT2D eigenvalue weighted by Gasteiger charge is -2.18. The lowest BCUT2D eigenvalue weighted by molar-refractivity contribution is 0.0601. The van der Waals surface area contributed by atoms with Gasteiger partial charge in [-0.3, -0.25) is 4.68 Å². The molecule has 0 spiro atoms. The minimum Gasteiger partial charge on any atom is -0.465 e. The number of methoxy groups -OCH3 is 1. The first-order valence-corrected chi connectivity index (χ1v) is 11.6. The number of halogens is 1. The Balaban J connectivity index is 1.50. The lowest BCUT2D eigenvalue weighted by atomic mass is 9.88. The summed E-state index contributed by atoms with van der Waals surface area (Å²) in [6.07, 6.45) is 4.64. The summed E-state index contributed by atoms with van der Waals surface area (Å²) >= 11 is 13.4. The Labute approximate surface area is 195 Å². The van der Waals surface area contributed by atoms with Crippen molar-refractivity contribution in [1.29, 1.82) is 0 Å². The number of fused-ring (bicyclic) bond motifs is 1. The molecule has 162 valence electrons. The second-order valence-electron chi connectivity index (χ2n) is 7.64. The third-order valence-electron chi connectivity index (χ3n) is 5.26. The van der Waals surface area contributed by atoms with E-state index in [0.717, 1.165) is 30.4 Å². The van der Waals surface area contributed by atoms with Crippen LogP contribution in [0.5, 0.6) is 0 Å². The standard InChI is InChI=1S/C22H23ClN4O2S2/c1-13-8-9-15-17(10-13)31-20(18(15)21(28)29-2)25-22(30)24-19-16(23)12-27(26-19)11-14-6-4-3-5-7-14/h3-7,12-13H,8-11H2,1-2H3,(H2,24,25,26,30). The number of esters is 1. The molecule has 3 aromatic rings. The van der Waals surface area contributed by atoms with E-state index < -0.39 is 0 Å². The van der Waals surface area contributed by atoms with E-state index in [2.05, 4.69) is 22.7 Å². The molecular weight excluding hydrogens is 452 g/mol. The van der Waals surface area contributed by atoms with Gasteiger partial charge in [0.15, 0.2) is 10.9 Å². The molecule has 6 nitrogen and oxygen atoms in total. The Hall–Kier alpha value is -2.42. The van der Waals surface area contributed by atoms with Crippen molar-refractivity contribution in [2.24, 2.45) is 5.92 Å². The van der Waals surface area contributed by atoms with Gasteiger partial charge in [-0.25, -0.2) is 4.79 Å². The maximum absolute atomic E-state index is 12.5. The highest BCUT2D eigenvalue weighted by Crippen LogP contribution is 2.40. The van der Waals surface area contributed by atoms with Crippen LogP contribution in [-0.2, 0) is 24.1 Å². The van der Waals surface area contributed by atoms with Crippen molar-refractivity contribution in [3.8, 4) is 0 Å². The molecule has 9 heteroatoms. The van der Waals surface area contributed by atoms with Crippen molar-refractivity contribution in [3.63, 3.8) is 0 Å². The van der Waals surface area contributed by atoms with E-state index in [-0.39, 0.29) is 5.97 Å². The van der Waals surface area contributed by atoms with E-state index in [1.54, 1.807) is 22.2 Å². The zero-order valence-corrected chi connectivity index (χ0v) is 19.7. The zero-order chi connectivity index (χ0) is 22.0. The van der Waals surface area contributed by atoms with Crippen molar-refractivity contribution in [2.75, 3.05) is 17.7 Å². The number of hydrogen-bond donors (Lipinski definition) is 2. The number of nitrogens with zero attached hydrogens (tertiary/aromatic N) is 2. The number of carbonyl (C=O) groups excluding carboxylic acids is 1. The van der Waals surface area contributed by atoms with Gasteiger partial charge in [0, 0.05) is 11.1 Å². The summed E-state index contributed by atoms with van der Waals surface area (Å²) in [4.78, 5) is 13.7. The van der Waals surface area contributed by atoms with E-state index in [4.69, 9.17) is 28.6 Å². The first-order chi connectivity index (χ1) is 14.9. The summed E-state index contributed by atoms with van der Waals surface area (Å²) in [6, 6.07) is 10.0. The topological polar surface area (TPSA) is 68.2 Å². The summed E-state index contributed by atoms with van der Waals surface area (Å²) in [6.45, 7) is 2.83. The van der Waals surface area contributed by atoms with Gasteiger partial charge < -0.3 is 15.4 Å². The van der Waals surface area contributed by atoms with Crippen molar-refractivity contribution in [3.05, 3.63) is 63.1 Å². The average molecular weight is 475 g/mol. The van der Waals surface area contributed by atoms with Crippen molar-refractivity contribution < 1.29 is 9.53 Å². The van der Waals surface area contributed by atoms with Crippen molar-refractivity contribution in [2.45, 2.75) is 32.7 Å². The molecule has 0 saturated carbocycles. The van der Waals surface area contributed by atoms with Gasteiger partial charge in [-0.15, -0.1) is 11.3 Å². The number of nitrogens with one attached hydrogen (secondary N) is 2. The fourth-order valence-electron chi connectivity index (χ4n) is 3.73. The van der Waals surface area contributed by atoms with Gasteiger partial charge in [0.1, 0.15) is 10.0 Å². The molecule has 1 unspecified atom stereocenters. The molecule has 0 aliphatic heterocycles. The predicted molar refractivity (Wildman–Crippen MR) is 129 cm³/mol. The van der Waals surface area contributed by atoms with Crippen LogP contribution >= 0.6 is 35.2 Å². The lowest BCUT2D eigenvalue weighted by Crippen LogP contribution is -2.21. The summed E-state index contributed by atoms with van der Waals surface area (Å²) in [5, 5.41) is 12.2. The molecule has 2 aromatic heterocycles. The first kappa shape index (κ1) is 21.8. The zero-order valence-electron chi connectivity index (χ0n) is 17.3. The molecule has 1 aliphatic carbocycles. The number of thiophene rings is 1. The third-order valence-corrected chi connectivity index (χ3v) is 6.92. The van der Waals surface area contributed by atoms with E-state index in [9.17, 15) is 4.79 Å². The number of anilines is 2. The van der Waals surface area contributed by atoms with E-state index in [1.165, 1.54) is 12.0 Å². The van der Waals surface area contributed by atoms with E-state index in [1.807, 2.05) is 30.3 Å². The molecule has 0 bridgehead atoms. The Bertz CT molecular complexity index is 1110. The third kappa shape index (κ3) is 4.92. The summed E-state index contributed by atoms with van der Waals surface area (Å²) in [5.74, 6) is 0.717. The van der Waals surface area contributed by atoms with Crippen LogP contribution < -0.4 is 10.6 Å². The molecular formula is C22H23ClN4O2S2. The van der Waals surface area contributed by atoms with Gasteiger partial charge in [0.25, 0.3) is 0 Å². The highest BCUT2D eigenvalue weighted by Gasteiger charge is 2.28. The van der Waals surface area contributed by atoms with Crippen LogP contribution in [0.4, 0.5) is 10.8 Å². The van der Waals surface area contributed by atoms with Gasteiger partial charge in [-0.2, -0.15) is 5.10 Å². The number of rotatable bonds is 5. The van der Waals surface area contributed by atoms with E-state index in [0.29, 0.717) is 39.0 Å². The Kier molecular flexibility index (Phi) is 6.60. The average Bonchev–Trinajstić information content (AvgIpc) is 3.26. The number of ether oxygens (including phenoxy) is 1. The first-order valence-electron chi connectivity index (χ1n) is 10.0. The predicted octanol–water partition coefficient (Wildman–Crippen LogP) is 5.37. The smallest absolute Gasteiger partial charge is 0.341 e. The van der Waals surface area contributed by atoms with Gasteiger partial charge in [-0.1, -0.05) is 48.9 Å². The Morgan fingerprint density at radius 1 is 1.35 bits per heavy atom. The largest absolute Gasteiger partial charge is 0.465 e. The molecule has 2 heterocycles. The summed E-state index contributed by atoms with van der Waals surface area (Å²) in [5.41, 5.74) is 2.78. The van der Waals surface area contributed by atoms with Crippen LogP contribution in [0, 0.1) is 5.92 Å². The number of benzene rings is 1. The van der Waals surface area contributed by atoms with Crippen LogP contribution in [0.2, 0.25) is 5.02 Å². The van der Waals surface area contributed by atoms with Crippen LogP contribution in [0.1, 0.15) is 39.7 Å². The SMILES string of the molecule is COC(=O)c1c(NC(=S)Nc2nn(Cc3ccccc3)cc2Cl)sc2c1CCC(C)C2. The fourth-order valence-corrected chi connectivity index (χ4v) is 5.60. The second-order valence-corrected chi connectivity index (χ2v) is 9.56. The molecule has 0 saturated heterocycles. The van der Waals surface area contributed by atoms with Crippen LogP contribution in [0.15, 0.2) is 36.5 Å². The van der Waals surface area contributed by atoms with E-state index >= 15 is 0 Å². The van der Waals surface area contributed by atoms with Gasteiger partial charge in [-0.05, 0) is 48.5 Å². The molecule has 1 aliphatic rings. The normalized spacial score (nSPS) is 15.3. The molecule has 4 rings (SSSR count). The van der Waals surface area contributed by atoms with Crippen LogP contribution in [0.25, 0.3) is 0 Å². The quantitative estimate of drug-likeness (QED) is 0.383. The van der Waals surface area contributed by atoms with Crippen molar-refractivity contribution >= 4 is 57.1 Å². The van der Waals surface area contributed by atoms with Gasteiger partial charge >= 0.3 is 5.97 Å². The second kappa shape index (κ2) is 9.38. The number of aromatic nitrogens is 2. The molecule has 0 radical (unpaired) electrons. The Morgan fingerprint density at radius 2 is 2.13 bits per heavy atom. The van der Waals surface area contributed by atoms with Crippen LogP contribution in [0.3, 0.4) is 0 Å². The minimum absolute atomic E-state index is 0.323. The minimum atomic E-state index is -0.345.